The summed E-state index contributed by atoms with van der Waals surface area (Å²) >= 11 is 1.42. The minimum Gasteiger partial charge on any atom is -0.475 e. The molecule has 0 spiro atoms. The molecule has 0 saturated carbocycles. The molecule has 2 N–H and O–H groups in total. The lowest BCUT2D eigenvalue weighted by atomic mass is 10.4. The van der Waals surface area contributed by atoms with Gasteiger partial charge in [-0.2, -0.15) is 0 Å². The second kappa shape index (κ2) is 5.28. The summed E-state index contributed by atoms with van der Waals surface area (Å²) in [5, 5.41) is 18.5. The highest BCUT2D eigenvalue weighted by Gasteiger charge is 2.11. The zero-order valence-electron chi connectivity index (χ0n) is 9.66. The van der Waals surface area contributed by atoms with Crippen LogP contribution in [0, 0.1) is 0 Å². The molecule has 2 aromatic rings. The van der Waals surface area contributed by atoms with E-state index in [0.717, 1.165) is 10.9 Å². The molecule has 0 aromatic carbocycles. The number of thioether (sulfide) groups is 1. The summed E-state index contributed by atoms with van der Waals surface area (Å²) in [5.74, 6) is -0.0820. The van der Waals surface area contributed by atoms with Crippen LogP contribution in [0.5, 0.6) is 0 Å². The van der Waals surface area contributed by atoms with Gasteiger partial charge in [0.2, 0.25) is 5.76 Å². The molecule has 0 saturated heterocycles. The van der Waals surface area contributed by atoms with Gasteiger partial charge >= 0.3 is 5.97 Å². The number of nitrogens with zero attached hydrogens (tertiary/aromatic N) is 2. The first-order valence-corrected chi connectivity index (χ1v) is 6.16. The van der Waals surface area contributed by atoms with Gasteiger partial charge in [-0.3, -0.25) is 0 Å². The predicted octanol–water partition coefficient (Wildman–Crippen LogP) is 1.50. The van der Waals surface area contributed by atoms with Crippen molar-refractivity contribution in [3.05, 3.63) is 35.5 Å². The van der Waals surface area contributed by atoms with Crippen LogP contribution in [0.2, 0.25) is 0 Å². The largest absolute Gasteiger partial charge is 0.475 e. The molecule has 2 heterocycles. The van der Waals surface area contributed by atoms with E-state index in [-0.39, 0.29) is 12.4 Å². The van der Waals surface area contributed by atoms with Gasteiger partial charge in [0.15, 0.2) is 5.16 Å². The van der Waals surface area contributed by atoms with Crippen molar-refractivity contribution < 1.29 is 19.4 Å². The summed E-state index contributed by atoms with van der Waals surface area (Å²) < 4.78 is 6.92. The number of carboxylic acids is 1. The topological polar surface area (TPSA) is 88.5 Å². The van der Waals surface area contributed by atoms with Crippen LogP contribution in [0.3, 0.4) is 0 Å². The lowest BCUT2D eigenvalue weighted by Gasteiger charge is -2.02. The molecule has 0 aliphatic carbocycles. The molecule has 2 aromatic heterocycles. The van der Waals surface area contributed by atoms with Crippen LogP contribution in [-0.2, 0) is 19.4 Å². The minimum absolute atomic E-state index is 0.0615. The third-order valence-electron chi connectivity index (χ3n) is 2.42. The van der Waals surface area contributed by atoms with Crippen LogP contribution < -0.4 is 0 Å². The van der Waals surface area contributed by atoms with Crippen molar-refractivity contribution in [3.8, 4) is 0 Å². The molecule has 96 valence electrons. The van der Waals surface area contributed by atoms with Gasteiger partial charge in [-0.15, -0.1) is 0 Å². The Bertz CT molecular complexity index is 561. The second-order valence-electron chi connectivity index (χ2n) is 3.61. The quantitative estimate of drug-likeness (QED) is 0.799. The van der Waals surface area contributed by atoms with Gasteiger partial charge in [-0.25, -0.2) is 9.78 Å². The smallest absolute Gasteiger partial charge is 0.371 e. The Balaban J connectivity index is 2.02. The Morgan fingerprint density at radius 1 is 1.56 bits per heavy atom. The fraction of sp³-hybridized carbons (Fsp3) is 0.273. The molecule has 7 heteroatoms. The van der Waals surface area contributed by atoms with Gasteiger partial charge < -0.3 is 19.2 Å². The molecule has 0 aliphatic rings. The molecular weight excluding hydrogens is 256 g/mol. The molecule has 0 amide bonds. The fourth-order valence-electron chi connectivity index (χ4n) is 1.41. The van der Waals surface area contributed by atoms with E-state index < -0.39 is 5.97 Å². The normalized spacial score (nSPS) is 10.8. The van der Waals surface area contributed by atoms with Crippen LogP contribution in [-0.4, -0.2) is 25.7 Å². The summed E-state index contributed by atoms with van der Waals surface area (Å²) in [6, 6.07) is 3.06. The highest BCUT2D eigenvalue weighted by molar-refractivity contribution is 7.98. The number of aromatic nitrogens is 2. The second-order valence-corrected chi connectivity index (χ2v) is 4.55. The maximum absolute atomic E-state index is 10.6. The van der Waals surface area contributed by atoms with Crippen molar-refractivity contribution in [2.75, 3.05) is 0 Å². The number of hydrogen-bond donors (Lipinski definition) is 2. The van der Waals surface area contributed by atoms with E-state index in [4.69, 9.17) is 14.6 Å². The maximum Gasteiger partial charge on any atom is 0.371 e. The van der Waals surface area contributed by atoms with Gasteiger partial charge in [-0.05, 0) is 12.1 Å². The first-order valence-electron chi connectivity index (χ1n) is 5.18. The van der Waals surface area contributed by atoms with E-state index >= 15 is 0 Å². The third kappa shape index (κ3) is 2.57. The Hall–Kier alpha value is -1.73. The van der Waals surface area contributed by atoms with Gasteiger partial charge in [0, 0.05) is 7.05 Å². The van der Waals surface area contributed by atoms with Crippen molar-refractivity contribution >= 4 is 17.7 Å². The van der Waals surface area contributed by atoms with Crippen LogP contribution in [0.15, 0.2) is 27.9 Å². The Labute approximate surface area is 107 Å². The molecular formula is C11H12N2O4S. The molecule has 6 nitrogen and oxygen atoms in total. The number of rotatable bonds is 5. The highest BCUT2D eigenvalue weighted by Crippen LogP contribution is 2.23. The molecule has 18 heavy (non-hydrogen) atoms. The zero-order valence-corrected chi connectivity index (χ0v) is 10.5. The molecule has 0 atom stereocenters. The standard InChI is InChI=1S/C11H12N2O4S/c1-13-7(5-14)4-12-11(13)18-6-8-2-3-9(17-8)10(15)16/h2-4,14H,5-6H2,1H3,(H,15,16). The monoisotopic (exact) mass is 268 g/mol. The van der Waals surface area contributed by atoms with E-state index in [9.17, 15) is 4.79 Å². The molecule has 0 aliphatic heterocycles. The molecule has 0 unspecified atom stereocenters. The number of hydrogen-bond acceptors (Lipinski definition) is 5. The van der Waals surface area contributed by atoms with Crippen molar-refractivity contribution in [2.45, 2.75) is 17.5 Å². The summed E-state index contributed by atoms with van der Waals surface area (Å²) in [4.78, 5) is 14.8. The zero-order chi connectivity index (χ0) is 13.1. The van der Waals surface area contributed by atoms with E-state index in [2.05, 4.69) is 4.98 Å². The maximum atomic E-state index is 10.6. The summed E-state index contributed by atoms with van der Waals surface area (Å²) in [5.41, 5.74) is 0.725. The van der Waals surface area contributed by atoms with Crippen molar-refractivity contribution in [3.63, 3.8) is 0 Å². The average molecular weight is 268 g/mol. The summed E-state index contributed by atoms with van der Waals surface area (Å²) in [6.45, 7) is -0.0615. The van der Waals surface area contributed by atoms with Gasteiger partial charge in [0.05, 0.1) is 24.3 Å². The number of carbonyl (C=O) groups is 1. The third-order valence-corrected chi connectivity index (χ3v) is 3.49. The number of imidazole rings is 1. The van der Waals surface area contributed by atoms with E-state index in [1.807, 2.05) is 7.05 Å². The van der Waals surface area contributed by atoms with E-state index in [1.54, 1.807) is 16.8 Å². The van der Waals surface area contributed by atoms with Crippen molar-refractivity contribution in [1.29, 1.82) is 0 Å². The SMILES string of the molecule is Cn1c(CO)cnc1SCc1ccc(C(=O)O)o1. The average Bonchev–Trinajstić information content (AvgIpc) is 2.93. The number of aliphatic hydroxyl groups is 1. The number of carboxylic acid groups (broad SMARTS) is 1. The van der Waals surface area contributed by atoms with E-state index in [1.165, 1.54) is 17.8 Å². The highest BCUT2D eigenvalue weighted by atomic mass is 32.2. The summed E-state index contributed by atoms with van der Waals surface area (Å²) in [7, 11) is 1.81. The first-order chi connectivity index (χ1) is 8.61. The van der Waals surface area contributed by atoms with Gasteiger partial charge in [-0.1, -0.05) is 11.8 Å². The number of furan rings is 1. The molecule has 0 radical (unpaired) electrons. The minimum atomic E-state index is -1.08. The Morgan fingerprint density at radius 2 is 2.33 bits per heavy atom. The lowest BCUT2D eigenvalue weighted by Crippen LogP contribution is -1.97. The van der Waals surface area contributed by atoms with Crippen LogP contribution in [0.4, 0.5) is 0 Å². The molecule has 2 rings (SSSR count). The lowest BCUT2D eigenvalue weighted by molar-refractivity contribution is 0.0661. The van der Waals surface area contributed by atoms with Crippen LogP contribution in [0.25, 0.3) is 0 Å². The van der Waals surface area contributed by atoms with Gasteiger partial charge in [0.1, 0.15) is 5.76 Å². The molecule has 0 fully saturated rings. The number of aromatic carboxylic acids is 1. The first kappa shape index (κ1) is 12.7. The van der Waals surface area contributed by atoms with Crippen LogP contribution in [0.1, 0.15) is 22.0 Å². The Morgan fingerprint density at radius 3 is 2.89 bits per heavy atom. The van der Waals surface area contributed by atoms with E-state index in [0.29, 0.717) is 11.5 Å². The fourth-order valence-corrected chi connectivity index (χ4v) is 2.28. The summed E-state index contributed by atoms with van der Waals surface area (Å²) in [6.07, 6.45) is 1.60. The van der Waals surface area contributed by atoms with Crippen molar-refractivity contribution in [1.82, 2.24) is 9.55 Å². The van der Waals surface area contributed by atoms with Crippen LogP contribution >= 0.6 is 11.8 Å². The van der Waals surface area contributed by atoms with Crippen molar-refractivity contribution in [2.24, 2.45) is 7.05 Å². The Kier molecular flexibility index (Phi) is 3.73. The molecule has 0 bridgehead atoms. The van der Waals surface area contributed by atoms with Gasteiger partial charge in [0.25, 0.3) is 0 Å². The predicted molar refractivity (Wildman–Crippen MR) is 64.4 cm³/mol. The number of aliphatic hydroxyl groups excluding tert-OH is 1.